The molecule has 1 aromatic rings. The van der Waals surface area contributed by atoms with Crippen molar-refractivity contribution in [3.8, 4) is 0 Å². The molecule has 0 aliphatic heterocycles. The van der Waals surface area contributed by atoms with Gasteiger partial charge in [0.2, 0.25) is 0 Å². The molecule has 0 aliphatic rings. The van der Waals surface area contributed by atoms with E-state index < -0.39 is 10.8 Å². The van der Waals surface area contributed by atoms with Crippen molar-refractivity contribution in [3.05, 3.63) is 28.1 Å². The van der Waals surface area contributed by atoms with Gasteiger partial charge in [-0.1, -0.05) is 6.92 Å². The van der Waals surface area contributed by atoms with E-state index in [2.05, 4.69) is 5.32 Å². The Morgan fingerprint density at radius 3 is 2.88 bits per heavy atom. The van der Waals surface area contributed by atoms with Gasteiger partial charge in [0.05, 0.1) is 17.7 Å². The minimum Gasteiger partial charge on any atom is -0.395 e. The van der Waals surface area contributed by atoms with Gasteiger partial charge in [-0.2, -0.15) is 0 Å². The molecule has 1 heterocycles. The summed E-state index contributed by atoms with van der Waals surface area (Å²) < 4.78 is 1.55. The van der Waals surface area contributed by atoms with Gasteiger partial charge < -0.3 is 15.0 Å². The molecule has 0 saturated carbocycles. The molecular formula is C10H15N3O4. The van der Waals surface area contributed by atoms with Crippen molar-refractivity contribution in [1.29, 1.82) is 0 Å². The van der Waals surface area contributed by atoms with Crippen molar-refractivity contribution in [2.75, 3.05) is 13.2 Å². The predicted octanol–water partition coefficient (Wildman–Crippen LogP) is 0.528. The van der Waals surface area contributed by atoms with Gasteiger partial charge in [-0.15, -0.1) is 0 Å². The van der Waals surface area contributed by atoms with Crippen LogP contribution in [0.15, 0.2) is 12.3 Å². The van der Waals surface area contributed by atoms with Gasteiger partial charge in [-0.3, -0.25) is 14.9 Å². The van der Waals surface area contributed by atoms with Crippen LogP contribution in [-0.4, -0.2) is 33.7 Å². The normalized spacial score (nSPS) is 10.2. The number of aliphatic hydroxyl groups excluding tert-OH is 1. The maximum absolute atomic E-state index is 11.7. The summed E-state index contributed by atoms with van der Waals surface area (Å²) in [7, 11) is 0. The van der Waals surface area contributed by atoms with Crippen molar-refractivity contribution < 1.29 is 14.8 Å². The van der Waals surface area contributed by atoms with Crippen LogP contribution in [0.4, 0.5) is 5.69 Å². The average Bonchev–Trinajstić information content (AvgIpc) is 2.70. The lowest BCUT2D eigenvalue weighted by molar-refractivity contribution is -0.384. The second-order valence-electron chi connectivity index (χ2n) is 3.51. The van der Waals surface area contributed by atoms with E-state index in [9.17, 15) is 14.9 Å². The van der Waals surface area contributed by atoms with Gasteiger partial charge in [0, 0.05) is 19.2 Å². The molecule has 1 rings (SSSR count). The fourth-order valence-electron chi connectivity index (χ4n) is 1.47. The Bertz CT molecular complexity index is 414. The third-order valence-corrected chi connectivity index (χ3v) is 2.19. The summed E-state index contributed by atoms with van der Waals surface area (Å²) >= 11 is 0. The lowest BCUT2D eigenvalue weighted by atomic mass is 10.3. The van der Waals surface area contributed by atoms with Crippen LogP contribution in [0.25, 0.3) is 0 Å². The topological polar surface area (TPSA) is 97.4 Å². The zero-order valence-corrected chi connectivity index (χ0v) is 9.55. The van der Waals surface area contributed by atoms with Crippen molar-refractivity contribution in [3.63, 3.8) is 0 Å². The third kappa shape index (κ3) is 3.28. The second kappa shape index (κ2) is 6.00. The number of nitrogens with zero attached hydrogens (tertiary/aromatic N) is 2. The number of nitro groups is 1. The van der Waals surface area contributed by atoms with E-state index in [1.54, 1.807) is 4.57 Å². The Morgan fingerprint density at radius 2 is 2.35 bits per heavy atom. The van der Waals surface area contributed by atoms with Gasteiger partial charge in [0.25, 0.3) is 11.6 Å². The molecule has 0 fully saturated rings. The number of nitrogens with one attached hydrogen (secondary N) is 1. The Labute approximate surface area is 98.2 Å². The Kier molecular flexibility index (Phi) is 4.65. The Hall–Kier alpha value is -1.89. The number of aliphatic hydroxyl groups is 1. The van der Waals surface area contributed by atoms with Gasteiger partial charge in [-0.05, 0) is 6.42 Å². The average molecular weight is 241 g/mol. The van der Waals surface area contributed by atoms with Crippen molar-refractivity contribution in [2.45, 2.75) is 19.9 Å². The number of aryl methyl sites for hydroxylation is 1. The molecule has 0 spiro atoms. The second-order valence-corrected chi connectivity index (χ2v) is 3.51. The predicted molar refractivity (Wildman–Crippen MR) is 60.8 cm³/mol. The van der Waals surface area contributed by atoms with E-state index in [1.807, 2.05) is 6.92 Å². The molecule has 17 heavy (non-hydrogen) atoms. The molecule has 0 aliphatic carbocycles. The molecule has 0 saturated heterocycles. The summed E-state index contributed by atoms with van der Waals surface area (Å²) in [5.74, 6) is -0.416. The van der Waals surface area contributed by atoms with Gasteiger partial charge in [-0.25, -0.2) is 0 Å². The monoisotopic (exact) mass is 241 g/mol. The summed E-state index contributed by atoms with van der Waals surface area (Å²) in [5, 5.41) is 21.7. The highest BCUT2D eigenvalue weighted by Gasteiger charge is 2.18. The van der Waals surface area contributed by atoms with E-state index in [1.165, 1.54) is 12.3 Å². The molecule has 7 heteroatoms. The van der Waals surface area contributed by atoms with Crippen molar-refractivity contribution in [1.82, 2.24) is 9.88 Å². The highest BCUT2D eigenvalue weighted by Crippen LogP contribution is 2.16. The zero-order valence-electron chi connectivity index (χ0n) is 9.55. The summed E-state index contributed by atoms with van der Waals surface area (Å²) in [5.41, 5.74) is 0.139. The summed E-state index contributed by atoms with van der Waals surface area (Å²) in [6.07, 6.45) is 2.11. The Balaban J connectivity index is 2.94. The van der Waals surface area contributed by atoms with Gasteiger partial charge >= 0.3 is 0 Å². The smallest absolute Gasteiger partial charge is 0.287 e. The summed E-state index contributed by atoms with van der Waals surface area (Å²) in [6, 6.07) is 1.24. The number of rotatable bonds is 6. The molecule has 94 valence electrons. The van der Waals surface area contributed by atoms with Crippen LogP contribution in [0.1, 0.15) is 23.8 Å². The fraction of sp³-hybridized carbons (Fsp3) is 0.500. The summed E-state index contributed by atoms with van der Waals surface area (Å²) in [4.78, 5) is 21.8. The first-order chi connectivity index (χ1) is 8.10. The summed E-state index contributed by atoms with van der Waals surface area (Å²) in [6.45, 7) is 2.42. The quantitative estimate of drug-likeness (QED) is 0.560. The third-order valence-electron chi connectivity index (χ3n) is 2.19. The van der Waals surface area contributed by atoms with E-state index >= 15 is 0 Å². The number of hydrogen-bond acceptors (Lipinski definition) is 4. The maximum atomic E-state index is 11.7. The number of carbonyl (C=O) groups excluding carboxylic acids is 1. The molecule has 2 N–H and O–H groups in total. The maximum Gasteiger partial charge on any atom is 0.287 e. The van der Waals surface area contributed by atoms with Crippen LogP contribution in [0.3, 0.4) is 0 Å². The highest BCUT2D eigenvalue weighted by molar-refractivity contribution is 5.93. The van der Waals surface area contributed by atoms with Crippen LogP contribution >= 0.6 is 0 Å². The molecule has 0 bridgehead atoms. The van der Waals surface area contributed by atoms with Gasteiger partial charge in [0.15, 0.2) is 0 Å². The molecular weight excluding hydrogens is 226 g/mol. The molecule has 1 amide bonds. The first-order valence-corrected chi connectivity index (χ1v) is 5.33. The largest absolute Gasteiger partial charge is 0.395 e. The van der Waals surface area contributed by atoms with E-state index in [4.69, 9.17) is 5.11 Å². The van der Waals surface area contributed by atoms with Crippen LogP contribution in [0, 0.1) is 10.1 Å². The van der Waals surface area contributed by atoms with E-state index in [0.717, 1.165) is 6.42 Å². The minimum atomic E-state index is -0.533. The molecule has 0 unspecified atom stereocenters. The zero-order chi connectivity index (χ0) is 12.8. The van der Waals surface area contributed by atoms with Crippen LogP contribution in [-0.2, 0) is 6.54 Å². The molecule has 1 aromatic heterocycles. The molecule has 0 atom stereocenters. The standard InChI is InChI=1S/C10H15N3O4/c1-2-4-12-7-8(13(16)17)6-9(12)10(15)11-3-5-14/h6-7,14H,2-5H2,1H3,(H,11,15). The first kappa shape index (κ1) is 13.2. The first-order valence-electron chi connectivity index (χ1n) is 5.33. The molecule has 0 radical (unpaired) electrons. The van der Waals surface area contributed by atoms with E-state index in [-0.39, 0.29) is 24.5 Å². The highest BCUT2D eigenvalue weighted by atomic mass is 16.6. The van der Waals surface area contributed by atoms with Crippen LogP contribution in [0.5, 0.6) is 0 Å². The molecule has 7 nitrogen and oxygen atoms in total. The number of carbonyl (C=O) groups is 1. The van der Waals surface area contributed by atoms with Crippen molar-refractivity contribution >= 4 is 11.6 Å². The molecule has 0 aromatic carbocycles. The number of hydrogen-bond donors (Lipinski definition) is 2. The Morgan fingerprint density at radius 1 is 1.65 bits per heavy atom. The number of amides is 1. The van der Waals surface area contributed by atoms with Crippen LogP contribution < -0.4 is 5.32 Å². The fourth-order valence-corrected chi connectivity index (χ4v) is 1.47. The van der Waals surface area contributed by atoms with Crippen LogP contribution in [0.2, 0.25) is 0 Å². The minimum absolute atomic E-state index is 0.104. The lowest BCUT2D eigenvalue weighted by Crippen LogP contribution is -2.28. The van der Waals surface area contributed by atoms with Gasteiger partial charge in [0.1, 0.15) is 5.69 Å². The lowest BCUT2D eigenvalue weighted by Gasteiger charge is -2.06. The SMILES string of the molecule is CCCn1cc([N+](=O)[O-])cc1C(=O)NCCO. The van der Waals surface area contributed by atoms with E-state index in [0.29, 0.717) is 6.54 Å². The van der Waals surface area contributed by atoms with Crippen molar-refractivity contribution in [2.24, 2.45) is 0 Å². The number of aromatic nitrogens is 1.